The lowest BCUT2D eigenvalue weighted by Gasteiger charge is -2.22. The van der Waals surface area contributed by atoms with Crippen molar-refractivity contribution < 1.29 is 0 Å². The van der Waals surface area contributed by atoms with Crippen LogP contribution in [0.4, 0.5) is 0 Å². The van der Waals surface area contributed by atoms with Crippen LogP contribution in [0.5, 0.6) is 0 Å². The lowest BCUT2D eigenvalue weighted by Crippen LogP contribution is -2.35. The summed E-state index contributed by atoms with van der Waals surface area (Å²) in [5.41, 5.74) is 2.98. The zero-order chi connectivity index (χ0) is 15.0. The van der Waals surface area contributed by atoms with Gasteiger partial charge in [-0.3, -0.25) is 4.90 Å². The molecule has 0 aliphatic heterocycles. The van der Waals surface area contributed by atoms with Crippen LogP contribution in [0.3, 0.4) is 0 Å². The first kappa shape index (κ1) is 17.2. The lowest BCUT2D eigenvalue weighted by molar-refractivity contribution is 0.275. The van der Waals surface area contributed by atoms with Crippen LogP contribution in [-0.4, -0.2) is 23.5 Å². The van der Waals surface area contributed by atoms with Gasteiger partial charge in [0.15, 0.2) is 0 Å². The maximum absolute atomic E-state index is 3.55. The van der Waals surface area contributed by atoms with Gasteiger partial charge in [0.2, 0.25) is 0 Å². The Hall–Kier alpha value is -0.860. The molecule has 0 fully saturated rings. The summed E-state index contributed by atoms with van der Waals surface area (Å²) in [5, 5.41) is 3.55. The summed E-state index contributed by atoms with van der Waals surface area (Å²) in [7, 11) is 0. The number of hydrogen-bond acceptors (Lipinski definition) is 2. The fourth-order valence-corrected chi connectivity index (χ4v) is 2.19. The van der Waals surface area contributed by atoms with E-state index in [1.54, 1.807) is 0 Å². The minimum absolute atomic E-state index is 0.173. The third kappa shape index (κ3) is 7.06. The Labute approximate surface area is 125 Å². The van der Waals surface area contributed by atoms with Crippen LogP contribution in [0.1, 0.15) is 58.6 Å². The zero-order valence-corrected chi connectivity index (χ0v) is 14.0. The van der Waals surface area contributed by atoms with Crippen molar-refractivity contribution in [1.82, 2.24) is 10.2 Å². The molecule has 1 N–H and O–H groups in total. The highest BCUT2D eigenvalue weighted by Gasteiger charge is 2.09. The Kier molecular flexibility index (Phi) is 7.25. The molecule has 0 heterocycles. The van der Waals surface area contributed by atoms with Crippen molar-refractivity contribution in [3.63, 3.8) is 0 Å². The van der Waals surface area contributed by atoms with Crippen LogP contribution in [-0.2, 0) is 13.1 Å². The van der Waals surface area contributed by atoms with Gasteiger partial charge in [-0.25, -0.2) is 0 Å². The zero-order valence-electron chi connectivity index (χ0n) is 14.0. The quantitative estimate of drug-likeness (QED) is 0.765. The Morgan fingerprint density at radius 3 is 2.40 bits per heavy atom. The van der Waals surface area contributed by atoms with Crippen molar-refractivity contribution in [2.75, 3.05) is 13.1 Å². The Morgan fingerprint density at radius 2 is 1.80 bits per heavy atom. The van der Waals surface area contributed by atoms with Crippen molar-refractivity contribution in [2.24, 2.45) is 0 Å². The van der Waals surface area contributed by atoms with Gasteiger partial charge in [-0.15, -0.1) is 0 Å². The van der Waals surface area contributed by atoms with Gasteiger partial charge in [-0.1, -0.05) is 44.5 Å². The van der Waals surface area contributed by atoms with E-state index in [-0.39, 0.29) is 5.54 Å². The third-order valence-electron chi connectivity index (χ3n) is 3.50. The van der Waals surface area contributed by atoms with E-state index in [1.165, 1.54) is 30.5 Å². The first-order valence-electron chi connectivity index (χ1n) is 7.99. The number of nitrogens with zero attached hydrogens (tertiary/aromatic N) is 1. The second-order valence-corrected chi connectivity index (χ2v) is 6.65. The molecule has 20 heavy (non-hydrogen) atoms. The van der Waals surface area contributed by atoms with Crippen LogP contribution in [0, 0.1) is 0 Å². The van der Waals surface area contributed by atoms with Gasteiger partial charge >= 0.3 is 0 Å². The summed E-state index contributed by atoms with van der Waals surface area (Å²) < 4.78 is 0. The number of unbranched alkanes of at least 4 members (excludes halogenated alkanes) is 1. The van der Waals surface area contributed by atoms with E-state index >= 15 is 0 Å². The Bertz CT molecular complexity index is 379. The predicted octanol–water partition coefficient (Wildman–Crippen LogP) is 4.20. The van der Waals surface area contributed by atoms with Crippen molar-refractivity contribution >= 4 is 0 Å². The standard InChI is InChI=1S/C18H32N2/c1-6-8-12-20(7-2)15-17-11-9-10-16(13-17)14-19-18(3,4)5/h9-11,13,19H,6-8,12,14-15H2,1-5H3. The van der Waals surface area contributed by atoms with Gasteiger partial charge < -0.3 is 5.32 Å². The molecular formula is C18H32N2. The van der Waals surface area contributed by atoms with E-state index in [0.717, 1.165) is 19.6 Å². The molecule has 1 aromatic rings. The Morgan fingerprint density at radius 1 is 1.10 bits per heavy atom. The first-order valence-corrected chi connectivity index (χ1v) is 7.99. The molecule has 0 amide bonds. The van der Waals surface area contributed by atoms with Crippen LogP contribution in [0.2, 0.25) is 0 Å². The molecule has 0 unspecified atom stereocenters. The fraction of sp³-hybridized carbons (Fsp3) is 0.667. The molecule has 0 spiro atoms. The molecule has 0 aliphatic carbocycles. The second-order valence-electron chi connectivity index (χ2n) is 6.65. The maximum Gasteiger partial charge on any atom is 0.0233 e. The number of rotatable bonds is 8. The number of nitrogens with one attached hydrogen (secondary N) is 1. The Balaban J connectivity index is 2.58. The van der Waals surface area contributed by atoms with E-state index in [2.05, 4.69) is 69.1 Å². The summed E-state index contributed by atoms with van der Waals surface area (Å²) in [6, 6.07) is 8.98. The fourth-order valence-electron chi connectivity index (χ4n) is 2.19. The predicted molar refractivity (Wildman–Crippen MR) is 88.9 cm³/mol. The van der Waals surface area contributed by atoms with Crippen LogP contribution in [0.15, 0.2) is 24.3 Å². The minimum Gasteiger partial charge on any atom is -0.308 e. The van der Waals surface area contributed by atoms with Crippen LogP contribution < -0.4 is 5.32 Å². The van der Waals surface area contributed by atoms with Crippen LogP contribution in [0.25, 0.3) is 0 Å². The molecular weight excluding hydrogens is 244 g/mol. The van der Waals surface area contributed by atoms with Crippen molar-refractivity contribution in [3.05, 3.63) is 35.4 Å². The summed E-state index contributed by atoms with van der Waals surface area (Å²) >= 11 is 0. The number of hydrogen-bond donors (Lipinski definition) is 1. The summed E-state index contributed by atoms with van der Waals surface area (Å²) in [5.74, 6) is 0. The summed E-state index contributed by atoms with van der Waals surface area (Å²) in [4.78, 5) is 2.53. The molecule has 2 heteroatoms. The molecule has 0 saturated carbocycles. The summed E-state index contributed by atoms with van der Waals surface area (Å²) in [6.07, 6.45) is 2.56. The SMILES string of the molecule is CCCCN(CC)Cc1cccc(CNC(C)(C)C)c1. The van der Waals surface area contributed by atoms with Gasteiger partial charge in [-0.05, 0) is 51.4 Å². The first-order chi connectivity index (χ1) is 9.44. The van der Waals surface area contributed by atoms with Gasteiger partial charge in [0.25, 0.3) is 0 Å². The summed E-state index contributed by atoms with van der Waals surface area (Å²) in [6.45, 7) is 15.5. The second kappa shape index (κ2) is 8.43. The smallest absolute Gasteiger partial charge is 0.0233 e. The lowest BCUT2D eigenvalue weighted by atomic mass is 10.1. The highest BCUT2D eigenvalue weighted by atomic mass is 15.1. The van der Waals surface area contributed by atoms with E-state index in [9.17, 15) is 0 Å². The van der Waals surface area contributed by atoms with Crippen molar-refractivity contribution in [3.8, 4) is 0 Å². The molecule has 2 nitrogen and oxygen atoms in total. The van der Waals surface area contributed by atoms with Crippen molar-refractivity contribution in [1.29, 1.82) is 0 Å². The average Bonchev–Trinajstić information content (AvgIpc) is 2.41. The molecule has 0 aliphatic rings. The molecule has 0 saturated heterocycles. The highest BCUT2D eigenvalue weighted by Crippen LogP contribution is 2.10. The minimum atomic E-state index is 0.173. The van der Waals surface area contributed by atoms with Gasteiger partial charge in [0, 0.05) is 18.6 Å². The highest BCUT2D eigenvalue weighted by molar-refractivity contribution is 5.23. The molecule has 1 aromatic carbocycles. The van der Waals surface area contributed by atoms with E-state index < -0.39 is 0 Å². The number of benzene rings is 1. The van der Waals surface area contributed by atoms with E-state index in [1.807, 2.05) is 0 Å². The maximum atomic E-state index is 3.55. The van der Waals surface area contributed by atoms with Crippen LogP contribution >= 0.6 is 0 Å². The molecule has 1 rings (SSSR count). The monoisotopic (exact) mass is 276 g/mol. The normalized spacial score (nSPS) is 12.1. The van der Waals surface area contributed by atoms with E-state index in [0.29, 0.717) is 0 Å². The van der Waals surface area contributed by atoms with E-state index in [4.69, 9.17) is 0 Å². The molecule has 0 radical (unpaired) electrons. The van der Waals surface area contributed by atoms with Gasteiger partial charge in [-0.2, -0.15) is 0 Å². The molecule has 0 aromatic heterocycles. The van der Waals surface area contributed by atoms with Crippen molar-refractivity contribution in [2.45, 2.75) is 66.1 Å². The topological polar surface area (TPSA) is 15.3 Å². The molecule has 0 atom stereocenters. The third-order valence-corrected chi connectivity index (χ3v) is 3.50. The largest absolute Gasteiger partial charge is 0.308 e. The molecule has 114 valence electrons. The average molecular weight is 276 g/mol. The van der Waals surface area contributed by atoms with Gasteiger partial charge in [0.1, 0.15) is 0 Å². The van der Waals surface area contributed by atoms with Gasteiger partial charge in [0.05, 0.1) is 0 Å². The molecule has 0 bridgehead atoms.